The molecule has 70 valence electrons. The summed E-state index contributed by atoms with van der Waals surface area (Å²) in [5.74, 6) is 9.72. The monoisotopic (exact) mass is 173 g/mol. The van der Waals surface area contributed by atoms with Gasteiger partial charge in [-0.25, -0.2) is 16.5 Å². The summed E-state index contributed by atoms with van der Waals surface area (Å²) in [4.78, 5) is 9.71. The number of hydrazine groups is 2. The van der Waals surface area contributed by atoms with Gasteiger partial charge in [-0.1, -0.05) is 6.08 Å². The van der Waals surface area contributed by atoms with E-state index < -0.39 is 6.03 Å². The first-order chi connectivity index (χ1) is 5.65. The maximum absolute atomic E-state index is 9.71. The Labute approximate surface area is 71.1 Å². The Balaban J connectivity index is 0.000000202. The van der Waals surface area contributed by atoms with Crippen LogP contribution in [-0.2, 0) is 0 Å². The first-order valence-corrected chi connectivity index (χ1v) is 3.51. The van der Waals surface area contributed by atoms with Crippen LogP contribution in [0.25, 0.3) is 0 Å². The molecule has 6 heteroatoms. The van der Waals surface area contributed by atoms with E-state index in [2.05, 4.69) is 18.3 Å². The minimum Gasteiger partial charge on any atom is -0.327 e. The highest BCUT2D eigenvalue weighted by Crippen LogP contribution is 2.27. The second-order valence-corrected chi connectivity index (χ2v) is 2.42. The quantitative estimate of drug-likeness (QED) is 0.144. The molecule has 1 saturated carbocycles. The molecular weight excluding hydrogens is 158 g/mol. The fourth-order valence-corrected chi connectivity index (χ4v) is 0.548. The molecule has 2 atom stereocenters. The van der Waals surface area contributed by atoms with E-state index in [9.17, 15) is 4.79 Å². The van der Waals surface area contributed by atoms with E-state index in [1.54, 1.807) is 10.9 Å². The van der Waals surface area contributed by atoms with Gasteiger partial charge in [-0.15, -0.1) is 6.58 Å². The van der Waals surface area contributed by atoms with Crippen LogP contribution in [0.5, 0.6) is 0 Å². The van der Waals surface area contributed by atoms with Gasteiger partial charge in [0.1, 0.15) is 0 Å². The largest absolute Gasteiger partial charge is 0.343 e. The molecule has 0 aliphatic heterocycles. The topological polar surface area (TPSA) is 119 Å². The predicted molar refractivity (Wildman–Crippen MR) is 46.3 cm³/mol. The van der Waals surface area contributed by atoms with Gasteiger partial charge < -0.3 is 5.73 Å². The Morgan fingerprint density at radius 2 is 1.92 bits per heavy atom. The summed E-state index contributed by atoms with van der Waals surface area (Å²) in [5, 5.41) is 0. The number of carbonyl (C=O) groups is 1. The van der Waals surface area contributed by atoms with Gasteiger partial charge in [0.05, 0.1) is 0 Å². The van der Waals surface area contributed by atoms with E-state index in [0.717, 1.165) is 6.42 Å². The van der Waals surface area contributed by atoms with Crippen LogP contribution in [0.4, 0.5) is 4.79 Å². The van der Waals surface area contributed by atoms with Crippen LogP contribution in [-0.4, -0.2) is 12.1 Å². The van der Waals surface area contributed by atoms with Gasteiger partial charge in [0, 0.05) is 6.04 Å². The molecule has 0 heterocycles. The lowest BCUT2D eigenvalue weighted by molar-refractivity contribution is 0.241. The molecule has 1 aliphatic carbocycles. The molecule has 0 aromatic heterocycles. The van der Waals surface area contributed by atoms with E-state index in [4.69, 9.17) is 5.73 Å². The molecule has 0 spiro atoms. The fourth-order valence-electron chi connectivity index (χ4n) is 0.548. The van der Waals surface area contributed by atoms with E-state index in [1.807, 2.05) is 6.08 Å². The Morgan fingerprint density at radius 1 is 1.50 bits per heavy atom. The average Bonchev–Trinajstić information content (AvgIpc) is 2.81. The Morgan fingerprint density at radius 3 is 1.92 bits per heavy atom. The van der Waals surface area contributed by atoms with Crippen LogP contribution in [0.15, 0.2) is 12.7 Å². The molecular formula is C6H15N5O. The molecule has 1 aliphatic rings. The number of hydrogen-bond donors (Lipinski definition) is 5. The summed E-state index contributed by atoms with van der Waals surface area (Å²) in [6, 6.07) is -0.155. The van der Waals surface area contributed by atoms with Crippen molar-refractivity contribution in [1.29, 1.82) is 0 Å². The van der Waals surface area contributed by atoms with Crippen LogP contribution in [0.2, 0.25) is 0 Å². The lowest BCUT2D eigenvalue weighted by atomic mass is 10.4. The maximum atomic E-state index is 9.71. The normalized spacial score (nSPS) is 24.6. The maximum Gasteiger partial charge on any atom is 0.343 e. The fraction of sp³-hybridized carbons (Fsp3) is 0.500. The Hall–Kier alpha value is -1.11. The molecule has 1 rings (SSSR count). The molecule has 0 saturated heterocycles. The van der Waals surface area contributed by atoms with Gasteiger partial charge >= 0.3 is 6.03 Å². The van der Waals surface area contributed by atoms with E-state index in [-0.39, 0.29) is 0 Å². The number of nitrogens with one attached hydrogen (secondary N) is 2. The van der Waals surface area contributed by atoms with Crippen LogP contribution < -0.4 is 28.3 Å². The number of urea groups is 1. The first kappa shape index (κ1) is 10.9. The molecule has 8 N–H and O–H groups in total. The third-order valence-electron chi connectivity index (χ3n) is 1.46. The third-order valence-corrected chi connectivity index (χ3v) is 1.46. The van der Waals surface area contributed by atoms with Crippen molar-refractivity contribution in [1.82, 2.24) is 10.9 Å². The van der Waals surface area contributed by atoms with E-state index >= 15 is 0 Å². The summed E-state index contributed by atoms with van der Waals surface area (Å²) in [6.07, 6.45) is 3.08. The summed E-state index contributed by atoms with van der Waals surface area (Å²) in [5.41, 5.74) is 8.88. The van der Waals surface area contributed by atoms with Crippen LogP contribution in [0.3, 0.4) is 0 Å². The Bertz CT molecular complexity index is 154. The zero-order valence-electron chi connectivity index (χ0n) is 6.79. The highest BCUT2D eigenvalue weighted by atomic mass is 16.2. The number of hydrogen-bond acceptors (Lipinski definition) is 4. The summed E-state index contributed by atoms with van der Waals surface area (Å²) in [7, 11) is 0. The van der Waals surface area contributed by atoms with Gasteiger partial charge in [-0.2, -0.15) is 0 Å². The van der Waals surface area contributed by atoms with Crippen molar-refractivity contribution in [3.8, 4) is 0 Å². The van der Waals surface area contributed by atoms with E-state index in [1.165, 1.54) is 0 Å². The molecule has 1 fully saturated rings. The minimum atomic E-state index is -0.602. The lowest BCUT2D eigenvalue weighted by Crippen LogP contribution is -2.43. The van der Waals surface area contributed by atoms with Crippen LogP contribution in [0, 0.1) is 5.92 Å². The molecule has 0 bridgehead atoms. The standard InChI is InChI=1S/C5H9N.CH6N4O/c1-2-4-3-5(4)6;2-4-1(6)5-3/h2,4-5H,1,3,6H2;2-3H2,(H2,4,5,6). The van der Waals surface area contributed by atoms with Crippen molar-refractivity contribution in [2.45, 2.75) is 12.5 Å². The molecule has 0 aromatic rings. The second-order valence-electron chi connectivity index (χ2n) is 2.42. The van der Waals surface area contributed by atoms with Crippen molar-refractivity contribution < 1.29 is 4.79 Å². The van der Waals surface area contributed by atoms with Crippen LogP contribution in [0.1, 0.15) is 6.42 Å². The number of amides is 2. The van der Waals surface area contributed by atoms with Gasteiger partial charge in [0.25, 0.3) is 0 Å². The molecule has 2 amide bonds. The van der Waals surface area contributed by atoms with Gasteiger partial charge in [-0.3, -0.25) is 10.9 Å². The smallest absolute Gasteiger partial charge is 0.327 e. The van der Waals surface area contributed by atoms with Crippen molar-refractivity contribution in [2.75, 3.05) is 0 Å². The second kappa shape index (κ2) is 5.53. The molecule has 12 heavy (non-hydrogen) atoms. The molecule has 0 aromatic carbocycles. The zero-order valence-corrected chi connectivity index (χ0v) is 6.79. The number of rotatable bonds is 1. The third kappa shape index (κ3) is 4.67. The van der Waals surface area contributed by atoms with E-state index in [0.29, 0.717) is 12.0 Å². The number of nitrogens with two attached hydrogens (primary N) is 3. The molecule has 0 radical (unpaired) electrons. The van der Waals surface area contributed by atoms with Crippen molar-refractivity contribution in [2.24, 2.45) is 23.3 Å². The van der Waals surface area contributed by atoms with Gasteiger partial charge in [0.15, 0.2) is 0 Å². The first-order valence-electron chi connectivity index (χ1n) is 3.51. The molecule has 2 unspecified atom stereocenters. The minimum absolute atomic E-state index is 0.447. The summed E-state index contributed by atoms with van der Waals surface area (Å²) in [6.45, 7) is 3.59. The van der Waals surface area contributed by atoms with Gasteiger partial charge in [0.2, 0.25) is 0 Å². The van der Waals surface area contributed by atoms with Crippen molar-refractivity contribution in [3.05, 3.63) is 12.7 Å². The zero-order chi connectivity index (χ0) is 9.56. The summed E-state index contributed by atoms with van der Waals surface area (Å²) >= 11 is 0. The van der Waals surface area contributed by atoms with Crippen molar-refractivity contribution >= 4 is 6.03 Å². The highest BCUT2D eigenvalue weighted by molar-refractivity contribution is 5.72. The number of carbonyl (C=O) groups excluding carboxylic acids is 1. The molecule has 6 nitrogen and oxygen atoms in total. The average molecular weight is 173 g/mol. The lowest BCUT2D eigenvalue weighted by Gasteiger charge is -1.90. The SMILES string of the molecule is C=CC1CC1N.NNC(=O)NN. The van der Waals surface area contributed by atoms with Crippen molar-refractivity contribution in [3.63, 3.8) is 0 Å². The predicted octanol–water partition coefficient (Wildman–Crippen LogP) is -1.45. The summed E-state index contributed by atoms with van der Waals surface area (Å²) < 4.78 is 0. The highest BCUT2D eigenvalue weighted by Gasteiger charge is 2.29. The Kier molecular flexibility index (Phi) is 5.02. The van der Waals surface area contributed by atoms with Gasteiger partial charge in [-0.05, 0) is 12.3 Å². The van der Waals surface area contributed by atoms with Crippen LogP contribution >= 0.6 is 0 Å².